The molecule has 1 aromatic heterocycles. The van der Waals surface area contributed by atoms with Crippen molar-refractivity contribution in [3.05, 3.63) is 52.6 Å². The van der Waals surface area contributed by atoms with Crippen molar-refractivity contribution in [3.63, 3.8) is 0 Å². The Kier molecular flexibility index (Phi) is 5.46. The molecule has 1 aliphatic heterocycles. The number of ketones is 1. The maximum atomic E-state index is 13.1. The first-order valence-corrected chi connectivity index (χ1v) is 9.14. The minimum absolute atomic E-state index is 0.0743. The van der Waals surface area contributed by atoms with Gasteiger partial charge < -0.3 is 14.8 Å². The molecule has 0 aromatic carbocycles. The Labute approximate surface area is 159 Å². The molecule has 0 amide bonds. The summed E-state index contributed by atoms with van der Waals surface area (Å²) in [5.74, 6) is -0.795. The second-order valence-corrected chi connectivity index (χ2v) is 7.84. The predicted octanol–water partition coefficient (Wildman–Crippen LogP) is 2.88. The molecule has 27 heavy (non-hydrogen) atoms. The molecule has 0 fully saturated rings. The van der Waals surface area contributed by atoms with Gasteiger partial charge in [0.1, 0.15) is 6.61 Å². The first-order valence-electron chi connectivity index (χ1n) is 9.14. The number of carbonyl (C=O) groups is 2. The van der Waals surface area contributed by atoms with Crippen molar-refractivity contribution >= 4 is 11.8 Å². The summed E-state index contributed by atoms with van der Waals surface area (Å²) >= 11 is 0. The van der Waals surface area contributed by atoms with Crippen molar-refractivity contribution < 1.29 is 19.1 Å². The summed E-state index contributed by atoms with van der Waals surface area (Å²) in [6.45, 7) is 6.53. The normalized spacial score (nSPS) is 21.6. The third-order valence-electron chi connectivity index (χ3n) is 5.02. The van der Waals surface area contributed by atoms with E-state index in [0.29, 0.717) is 24.2 Å². The Balaban J connectivity index is 2.06. The van der Waals surface area contributed by atoms with Crippen LogP contribution in [-0.2, 0) is 19.1 Å². The van der Waals surface area contributed by atoms with Crippen LogP contribution in [0.1, 0.15) is 45.1 Å². The lowest BCUT2D eigenvalue weighted by atomic mass is 9.69. The molecule has 1 aliphatic carbocycles. The molecular formula is C21H26N2O4. The van der Waals surface area contributed by atoms with Gasteiger partial charge >= 0.3 is 5.97 Å². The van der Waals surface area contributed by atoms with Crippen molar-refractivity contribution in [1.82, 2.24) is 10.3 Å². The number of methoxy groups -OCH3 is 1. The molecule has 1 aromatic rings. The molecule has 3 rings (SSSR count). The van der Waals surface area contributed by atoms with E-state index in [1.165, 1.54) is 0 Å². The number of esters is 1. The monoisotopic (exact) mass is 370 g/mol. The summed E-state index contributed by atoms with van der Waals surface area (Å²) < 4.78 is 10.4. The Hall–Kier alpha value is -2.47. The number of hydrogen-bond acceptors (Lipinski definition) is 6. The van der Waals surface area contributed by atoms with Gasteiger partial charge in [0.05, 0.1) is 12.2 Å². The molecule has 2 heterocycles. The largest absolute Gasteiger partial charge is 0.460 e. The van der Waals surface area contributed by atoms with E-state index >= 15 is 0 Å². The van der Waals surface area contributed by atoms with E-state index in [1.54, 1.807) is 19.5 Å². The molecule has 0 bridgehead atoms. The van der Waals surface area contributed by atoms with E-state index in [-0.39, 0.29) is 17.8 Å². The highest BCUT2D eigenvalue weighted by atomic mass is 16.6. The number of ether oxygens (including phenoxy) is 2. The van der Waals surface area contributed by atoms with Gasteiger partial charge in [0.15, 0.2) is 5.78 Å². The van der Waals surface area contributed by atoms with Gasteiger partial charge in [-0.2, -0.15) is 0 Å². The summed E-state index contributed by atoms with van der Waals surface area (Å²) in [6, 6.07) is 3.70. The van der Waals surface area contributed by atoms with Crippen LogP contribution in [0, 0.1) is 5.41 Å². The second-order valence-electron chi connectivity index (χ2n) is 7.84. The number of Topliss-reactive ketones (excluding diaryl/α,β-unsaturated/α-hetero) is 1. The highest BCUT2D eigenvalue weighted by Crippen LogP contribution is 2.46. The molecule has 6 nitrogen and oxygen atoms in total. The van der Waals surface area contributed by atoms with Crippen LogP contribution in [0.15, 0.2) is 47.1 Å². The summed E-state index contributed by atoms with van der Waals surface area (Å²) in [6.07, 6.45) is 4.58. The average Bonchev–Trinajstić information content (AvgIpc) is 2.60. The SMILES string of the molecule is COCCOC(=O)C1=C(C)NC2=C(C(=O)CC(C)(C)C2)[C@@H]1c1ccncc1. The number of rotatable bonds is 5. The zero-order chi connectivity index (χ0) is 19.6. The number of nitrogens with one attached hydrogen (secondary N) is 1. The van der Waals surface area contributed by atoms with Gasteiger partial charge in [-0.1, -0.05) is 13.8 Å². The number of carbonyl (C=O) groups excluding carboxylic acids is 2. The molecule has 0 saturated heterocycles. The lowest BCUT2D eigenvalue weighted by Crippen LogP contribution is -2.38. The van der Waals surface area contributed by atoms with Gasteiger partial charge in [0, 0.05) is 48.8 Å². The molecule has 144 valence electrons. The van der Waals surface area contributed by atoms with Crippen LogP contribution in [0.2, 0.25) is 0 Å². The van der Waals surface area contributed by atoms with E-state index in [0.717, 1.165) is 23.4 Å². The van der Waals surface area contributed by atoms with Crippen molar-refractivity contribution in [2.45, 2.75) is 39.5 Å². The Bertz CT molecular complexity index is 809. The van der Waals surface area contributed by atoms with Gasteiger partial charge in [-0.05, 0) is 36.5 Å². The topological polar surface area (TPSA) is 77.5 Å². The number of aromatic nitrogens is 1. The average molecular weight is 370 g/mol. The van der Waals surface area contributed by atoms with E-state index in [9.17, 15) is 9.59 Å². The van der Waals surface area contributed by atoms with E-state index in [4.69, 9.17) is 9.47 Å². The standard InChI is InChI=1S/C21H26N2O4/c1-13-17(20(25)27-10-9-26-4)18(14-5-7-22-8-6-14)19-15(23-13)11-21(2,3)12-16(19)24/h5-8,18,23H,9-12H2,1-4H3/t18-/m1/s1. The van der Waals surface area contributed by atoms with Crippen molar-refractivity contribution in [2.75, 3.05) is 20.3 Å². The molecule has 0 saturated carbocycles. The molecule has 0 unspecified atom stereocenters. The number of allylic oxidation sites excluding steroid dienone is 3. The van der Waals surface area contributed by atoms with Crippen LogP contribution in [0.25, 0.3) is 0 Å². The third kappa shape index (κ3) is 3.95. The number of pyridine rings is 1. The van der Waals surface area contributed by atoms with Gasteiger partial charge in [0.25, 0.3) is 0 Å². The molecular weight excluding hydrogens is 344 g/mol. The Morgan fingerprint density at radius 3 is 2.63 bits per heavy atom. The minimum Gasteiger partial charge on any atom is -0.460 e. The fraction of sp³-hybridized carbons (Fsp3) is 0.476. The number of nitrogens with zero attached hydrogens (tertiary/aromatic N) is 1. The zero-order valence-corrected chi connectivity index (χ0v) is 16.3. The summed E-state index contributed by atoms with van der Waals surface area (Å²) in [7, 11) is 1.56. The quantitative estimate of drug-likeness (QED) is 0.634. The molecule has 0 spiro atoms. The summed E-state index contributed by atoms with van der Waals surface area (Å²) in [5.41, 5.74) is 3.54. The first kappa shape index (κ1) is 19.3. The fourth-order valence-corrected chi connectivity index (χ4v) is 3.89. The van der Waals surface area contributed by atoms with E-state index in [2.05, 4.69) is 24.1 Å². The molecule has 1 atom stereocenters. The smallest absolute Gasteiger partial charge is 0.336 e. The van der Waals surface area contributed by atoms with Crippen molar-refractivity contribution in [2.24, 2.45) is 5.41 Å². The van der Waals surface area contributed by atoms with E-state index < -0.39 is 11.9 Å². The number of hydrogen-bond donors (Lipinski definition) is 1. The van der Waals surface area contributed by atoms with Crippen LogP contribution < -0.4 is 5.32 Å². The van der Waals surface area contributed by atoms with Crippen LogP contribution >= 0.6 is 0 Å². The van der Waals surface area contributed by atoms with Crippen LogP contribution in [0.4, 0.5) is 0 Å². The maximum Gasteiger partial charge on any atom is 0.336 e. The first-order chi connectivity index (χ1) is 12.8. The highest BCUT2D eigenvalue weighted by Gasteiger charge is 2.43. The third-order valence-corrected chi connectivity index (χ3v) is 5.02. The predicted molar refractivity (Wildman–Crippen MR) is 101 cm³/mol. The van der Waals surface area contributed by atoms with Gasteiger partial charge in [-0.25, -0.2) is 4.79 Å². The highest BCUT2D eigenvalue weighted by molar-refractivity contribution is 6.04. The number of dihydropyridines is 1. The lowest BCUT2D eigenvalue weighted by molar-refractivity contribution is -0.140. The minimum atomic E-state index is -0.442. The molecule has 6 heteroatoms. The van der Waals surface area contributed by atoms with Crippen molar-refractivity contribution in [3.8, 4) is 0 Å². The summed E-state index contributed by atoms with van der Waals surface area (Å²) in [5, 5.41) is 3.32. The molecule has 2 aliphatic rings. The van der Waals surface area contributed by atoms with Gasteiger partial charge in [-0.3, -0.25) is 9.78 Å². The van der Waals surface area contributed by atoms with E-state index in [1.807, 2.05) is 19.1 Å². The zero-order valence-electron chi connectivity index (χ0n) is 16.3. The van der Waals surface area contributed by atoms with Gasteiger partial charge in [-0.15, -0.1) is 0 Å². The molecule has 1 N–H and O–H groups in total. The van der Waals surface area contributed by atoms with Crippen molar-refractivity contribution in [1.29, 1.82) is 0 Å². The Morgan fingerprint density at radius 1 is 1.26 bits per heavy atom. The lowest BCUT2D eigenvalue weighted by Gasteiger charge is -2.39. The fourth-order valence-electron chi connectivity index (χ4n) is 3.89. The Morgan fingerprint density at radius 2 is 1.96 bits per heavy atom. The molecule has 0 radical (unpaired) electrons. The summed E-state index contributed by atoms with van der Waals surface area (Å²) in [4.78, 5) is 30.0. The maximum absolute atomic E-state index is 13.1. The van der Waals surface area contributed by atoms with Crippen LogP contribution in [-0.4, -0.2) is 37.1 Å². The van der Waals surface area contributed by atoms with Crippen LogP contribution in [0.3, 0.4) is 0 Å². The second kappa shape index (κ2) is 7.64. The van der Waals surface area contributed by atoms with Gasteiger partial charge in [0.2, 0.25) is 0 Å². The van der Waals surface area contributed by atoms with Crippen LogP contribution in [0.5, 0.6) is 0 Å².